The van der Waals surface area contributed by atoms with Crippen LogP contribution in [0.2, 0.25) is 0 Å². The van der Waals surface area contributed by atoms with E-state index in [1.165, 1.54) is 12.2 Å². The van der Waals surface area contributed by atoms with Crippen LogP contribution in [-0.2, 0) is 5.11 Å². The van der Waals surface area contributed by atoms with Gasteiger partial charge in [-0.3, -0.25) is 5.11 Å². The second kappa shape index (κ2) is 2.51. The van der Waals surface area contributed by atoms with E-state index in [2.05, 4.69) is 6.58 Å². The smallest absolute Gasteiger partial charge is 0.173 e. The summed E-state index contributed by atoms with van der Waals surface area (Å²) in [6.07, 6.45) is 2.74. The molecule has 0 heterocycles. The molecule has 1 radical (unpaired) electrons. The Morgan fingerprint density at radius 1 is 1.83 bits per heavy atom. The van der Waals surface area contributed by atoms with Crippen molar-refractivity contribution in [1.29, 1.82) is 0 Å². The second-order valence-corrected chi connectivity index (χ2v) is 0.895. The van der Waals surface area contributed by atoms with Crippen LogP contribution >= 0.6 is 0 Å². The Kier molecular flexibility index (Phi) is 2.21. The number of hydrogen-bond acceptors (Lipinski definition) is 0. The molecule has 0 spiro atoms. The first-order valence-electron chi connectivity index (χ1n) is 1.77. The summed E-state index contributed by atoms with van der Waals surface area (Å²) in [7, 11) is 0. The van der Waals surface area contributed by atoms with Crippen LogP contribution in [0, 0.1) is 0 Å². The third-order valence-corrected chi connectivity index (χ3v) is 0.486. The van der Waals surface area contributed by atoms with Gasteiger partial charge in [0.1, 0.15) is 0 Å². The molecular formula is C5H7O. The molecule has 1 nitrogen and oxygen atoms in total. The molecular weight excluding hydrogens is 76.1 g/mol. The van der Waals surface area contributed by atoms with Gasteiger partial charge in [-0.2, -0.15) is 0 Å². The predicted octanol–water partition coefficient (Wildman–Crippen LogP) is 1.51. The van der Waals surface area contributed by atoms with Crippen LogP contribution in [-0.4, -0.2) is 0 Å². The summed E-state index contributed by atoms with van der Waals surface area (Å²) in [5, 5.41) is 10.0. The zero-order valence-electron chi connectivity index (χ0n) is 3.77. The Labute approximate surface area is 37.6 Å². The van der Waals surface area contributed by atoms with Crippen LogP contribution in [0.5, 0.6) is 0 Å². The van der Waals surface area contributed by atoms with Crippen LogP contribution < -0.4 is 0 Å². The SMILES string of the molecule is C=C/C([O])=C/C. The van der Waals surface area contributed by atoms with E-state index >= 15 is 0 Å². The number of rotatable bonds is 1. The molecule has 0 amide bonds. The van der Waals surface area contributed by atoms with Gasteiger partial charge in [-0.05, 0) is 19.1 Å². The maximum absolute atomic E-state index is 10.0. The molecule has 6 heavy (non-hydrogen) atoms. The minimum atomic E-state index is -0.0185. The average Bonchev–Trinajstić information content (AvgIpc) is 1.65. The lowest BCUT2D eigenvalue weighted by Gasteiger charge is -1.71. The third-order valence-electron chi connectivity index (χ3n) is 0.486. The van der Waals surface area contributed by atoms with E-state index in [4.69, 9.17) is 0 Å². The molecule has 1 heteroatoms. The first-order valence-corrected chi connectivity index (χ1v) is 1.77. The van der Waals surface area contributed by atoms with Gasteiger partial charge in [-0.1, -0.05) is 6.58 Å². The van der Waals surface area contributed by atoms with Crippen molar-refractivity contribution in [3.05, 3.63) is 24.5 Å². The number of allylic oxidation sites excluding steroid dienone is 2. The fraction of sp³-hybridized carbons (Fsp3) is 0.200. The van der Waals surface area contributed by atoms with Crippen molar-refractivity contribution in [2.45, 2.75) is 6.92 Å². The van der Waals surface area contributed by atoms with E-state index < -0.39 is 0 Å². The average molecular weight is 83.1 g/mol. The normalized spacial score (nSPS) is 11.2. The van der Waals surface area contributed by atoms with Crippen LogP contribution in [0.4, 0.5) is 0 Å². The van der Waals surface area contributed by atoms with Gasteiger partial charge in [0.25, 0.3) is 0 Å². The van der Waals surface area contributed by atoms with E-state index in [0.717, 1.165) is 0 Å². The summed E-state index contributed by atoms with van der Waals surface area (Å²) < 4.78 is 0. The molecule has 0 aromatic heterocycles. The predicted molar refractivity (Wildman–Crippen MR) is 24.6 cm³/mol. The molecule has 0 aliphatic rings. The highest BCUT2D eigenvalue weighted by molar-refractivity contribution is 5.03. The molecule has 33 valence electrons. The Balaban J connectivity index is 3.50. The molecule has 0 atom stereocenters. The fourth-order valence-corrected chi connectivity index (χ4v) is 0.118. The zero-order chi connectivity index (χ0) is 4.99. The van der Waals surface area contributed by atoms with Gasteiger partial charge in [-0.25, -0.2) is 0 Å². The van der Waals surface area contributed by atoms with Crippen molar-refractivity contribution in [3.63, 3.8) is 0 Å². The fourth-order valence-electron chi connectivity index (χ4n) is 0.118. The lowest BCUT2D eigenvalue weighted by Crippen LogP contribution is -1.61. The largest absolute Gasteiger partial charge is 0.290 e. The Bertz CT molecular complexity index is 72.0. The molecule has 0 aromatic rings. The summed E-state index contributed by atoms with van der Waals surface area (Å²) in [5.41, 5.74) is 0. The van der Waals surface area contributed by atoms with Crippen molar-refractivity contribution in [3.8, 4) is 0 Å². The summed E-state index contributed by atoms with van der Waals surface area (Å²) >= 11 is 0. The molecule has 0 N–H and O–H groups in total. The van der Waals surface area contributed by atoms with Crippen molar-refractivity contribution in [2.24, 2.45) is 0 Å². The molecule has 0 saturated carbocycles. The van der Waals surface area contributed by atoms with Crippen LogP contribution in [0.3, 0.4) is 0 Å². The first-order chi connectivity index (χ1) is 2.81. The molecule has 0 aliphatic heterocycles. The lowest BCUT2D eigenvalue weighted by atomic mass is 10.5. The standard InChI is InChI=1S/C5H7O/c1-3-5(6)4-2/h3-4H,1H2,2H3/b5-4-. The quantitative estimate of drug-likeness (QED) is 0.338. The van der Waals surface area contributed by atoms with E-state index in [1.54, 1.807) is 6.92 Å². The number of hydrogen-bond donors (Lipinski definition) is 0. The van der Waals surface area contributed by atoms with Crippen molar-refractivity contribution in [1.82, 2.24) is 0 Å². The molecule has 0 rings (SSSR count). The van der Waals surface area contributed by atoms with Crippen LogP contribution in [0.25, 0.3) is 0 Å². The highest BCUT2D eigenvalue weighted by Gasteiger charge is 1.75. The van der Waals surface area contributed by atoms with Crippen molar-refractivity contribution in [2.75, 3.05) is 0 Å². The summed E-state index contributed by atoms with van der Waals surface area (Å²) in [5.74, 6) is -0.0185. The van der Waals surface area contributed by atoms with Gasteiger partial charge in [0.2, 0.25) is 0 Å². The molecule has 0 unspecified atom stereocenters. The van der Waals surface area contributed by atoms with Gasteiger partial charge in [0.05, 0.1) is 0 Å². The highest BCUT2D eigenvalue weighted by Crippen LogP contribution is 1.84. The summed E-state index contributed by atoms with van der Waals surface area (Å²) in [6, 6.07) is 0. The molecule has 0 bridgehead atoms. The first kappa shape index (κ1) is 5.28. The molecule has 0 fully saturated rings. The van der Waals surface area contributed by atoms with E-state index in [1.807, 2.05) is 0 Å². The zero-order valence-corrected chi connectivity index (χ0v) is 3.77. The van der Waals surface area contributed by atoms with Crippen molar-refractivity contribution >= 4 is 0 Å². The Hall–Kier alpha value is -0.720. The van der Waals surface area contributed by atoms with Gasteiger partial charge in [0, 0.05) is 0 Å². The topological polar surface area (TPSA) is 19.9 Å². The van der Waals surface area contributed by atoms with Gasteiger partial charge < -0.3 is 0 Å². The monoisotopic (exact) mass is 83.0 g/mol. The van der Waals surface area contributed by atoms with Crippen molar-refractivity contribution < 1.29 is 5.11 Å². The lowest BCUT2D eigenvalue weighted by molar-refractivity contribution is 0.315. The van der Waals surface area contributed by atoms with Gasteiger partial charge in [0.15, 0.2) is 5.76 Å². The van der Waals surface area contributed by atoms with E-state index in [9.17, 15) is 5.11 Å². The minimum absolute atomic E-state index is 0.0185. The maximum Gasteiger partial charge on any atom is 0.173 e. The van der Waals surface area contributed by atoms with E-state index in [0.29, 0.717) is 0 Å². The van der Waals surface area contributed by atoms with Crippen LogP contribution in [0.15, 0.2) is 24.5 Å². The summed E-state index contributed by atoms with van der Waals surface area (Å²) in [4.78, 5) is 0. The maximum atomic E-state index is 10.0. The van der Waals surface area contributed by atoms with E-state index in [-0.39, 0.29) is 5.76 Å². The van der Waals surface area contributed by atoms with Gasteiger partial charge in [-0.15, -0.1) is 0 Å². The van der Waals surface area contributed by atoms with Gasteiger partial charge >= 0.3 is 0 Å². The minimum Gasteiger partial charge on any atom is -0.290 e. The Morgan fingerprint density at radius 3 is 2.33 bits per heavy atom. The van der Waals surface area contributed by atoms with Crippen LogP contribution in [0.1, 0.15) is 6.92 Å². The third kappa shape index (κ3) is 1.58. The molecule has 0 aliphatic carbocycles. The highest BCUT2D eigenvalue weighted by atomic mass is 16.3. The molecule has 0 aromatic carbocycles. The molecule has 0 saturated heterocycles. The Morgan fingerprint density at radius 2 is 2.33 bits per heavy atom. The summed E-state index contributed by atoms with van der Waals surface area (Å²) in [6.45, 7) is 4.94. The second-order valence-electron chi connectivity index (χ2n) is 0.895.